The Labute approximate surface area is 105 Å². The second kappa shape index (κ2) is 4.09. The van der Waals surface area contributed by atoms with Crippen molar-refractivity contribution in [2.24, 2.45) is 17.8 Å². The van der Waals surface area contributed by atoms with Crippen LogP contribution in [0.1, 0.15) is 18.4 Å². The van der Waals surface area contributed by atoms with Crippen LogP contribution in [0.3, 0.4) is 0 Å². The minimum absolute atomic E-state index is 0.0497. The maximum atomic E-state index is 11.9. The first-order valence-electron chi connectivity index (χ1n) is 6.17. The summed E-state index contributed by atoms with van der Waals surface area (Å²) in [5.41, 5.74) is 1.06. The summed E-state index contributed by atoms with van der Waals surface area (Å²) < 4.78 is 4.81. The lowest BCUT2D eigenvalue weighted by atomic mass is 9.70. The molecule has 1 aliphatic carbocycles. The van der Waals surface area contributed by atoms with Gasteiger partial charge < -0.3 is 4.74 Å². The van der Waals surface area contributed by atoms with Crippen LogP contribution >= 0.6 is 0 Å². The van der Waals surface area contributed by atoms with Crippen LogP contribution in [0.25, 0.3) is 0 Å². The van der Waals surface area contributed by atoms with Gasteiger partial charge in [-0.25, -0.2) is 0 Å². The number of fused-ring (bicyclic) bond motifs is 1. The molecule has 1 heterocycles. The number of rotatable bonds is 1. The Morgan fingerprint density at radius 1 is 0.944 bits per heavy atom. The van der Waals surface area contributed by atoms with Gasteiger partial charge in [0.25, 0.3) is 0 Å². The van der Waals surface area contributed by atoms with Crippen LogP contribution < -0.4 is 0 Å². The molecule has 2 aliphatic rings. The zero-order chi connectivity index (χ0) is 12.7. The van der Waals surface area contributed by atoms with Crippen molar-refractivity contribution in [3.63, 3.8) is 0 Å². The maximum absolute atomic E-state index is 11.9. The first kappa shape index (κ1) is 11.2. The molecule has 0 radical (unpaired) electrons. The summed E-state index contributed by atoms with van der Waals surface area (Å²) >= 11 is 0. The van der Waals surface area contributed by atoms with E-state index in [0.717, 1.165) is 5.56 Å². The van der Waals surface area contributed by atoms with E-state index < -0.39 is 0 Å². The Kier molecular flexibility index (Phi) is 2.54. The standard InChI is InChI=1S/C15H14O3/c1-9-7-8-11(10-5-3-2-4-6-10)13-12(9)14(16)18-15(13)17/h2-9,11-13H,1H3/t9-,11+,12+,13+/m0/s1. The van der Waals surface area contributed by atoms with E-state index in [1.54, 1.807) is 0 Å². The van der Waals surface area contributed by atoms with Gasteiger partial charge in [-0.1, -0.05) is 49.4 Å². The molecule has 0 unspecified atom stereocenters. The lowest BCUT2D eigenvalue weighted by Crippen LogP contribution is -2.31. The van der Waals surface area contributed by atoms with Crippen LogP contribution in [-0.2, 0) is 14.3 Å². The number of hydrogen-bond acceptors (Lipinski definition) is 3. The molecule has 0 amide bonds. The molecular formula is C15H14O3. The highest BCUT2D eigenvalue weighted by Crippen LogP contribution is 2.44. The van der Waals surface area contributed by atoms with Crippen LogP contribution in [-0.4, -0.2) is 11.9 Å². The summed E-state index contributed by atoms with van der Waals surface area (Å²) in [6.07, 6.45) is 4.04. The highest BCUT2D eigenvalue weighted by Gasteiger charge is 2.51. The molecule has 0 bridgehead atoms. The van der Waals surface area contributed by atoms with Crippen LogP contribution in [0.15, 0.2) is 42.5 Å². The SMILES string of the molecule is C[C@H]1C=C[C@H](c2ccccc2)[C@H]2C(=O)OC(=O)[C@@H]21. The minimum atomic E-state index is -0.380. The van der Waals surface area contributed by atoms with Crippen molar-refractivity contribution in [1.82, 2.24) is 0 Å². The molecule has 1 saturated heterocycles. The molecule has 1 aromatic rings. The molecule has 0 N–H and O–H groups in total. The Morgan fingerprint density at radius 3 is 2.33 bits per heavy atom. The predicted octanol–water partition coefficient (Wildman–Crippen LogP) is 2.29. The molecular weight excluding hydrogens is 228 g/mol. The third kappa shape index (κ3) is 1.58. The van der Waals surface area contributed by atoms with Gasteiger partial charge in [-0.2, -0.15) is 0 Å². The molecule has 4 atom stereocenters. The van der Waals surface area contributed by atoms with Crippen molar-refractivity contribution in [1.29, 1.82) is 0 Å². The fourth-order valence-electron chi connectivity index (χ4n) is 2.97. The number of esters is 2. The van der Waals surface area contributed by atoms with E-state index in [1.807, 2.05) is 49.4 Å². The summed E-state index contributed by atoms with van der Waals surface area (Å²) in [4.78, 5) is 23.6. The molecule has 1 fully saturated rings. The van der Waals surface area contributed by atoms with E-state index in [2.05, 4.69) is 0 Å². The van der Waals surface area contributed by atoms with Crippen molar-refractivity contribution in [3.8, 4) is 0 Å². The lowest BCUT2D eigenvalue weighted by molar-refractivity contribution is -0.154. The minimum Gasteiger partial charge on any atom is -0.393 e. The van der Waals surface area contributed by atoms with Crippen molar-refractivity contribution in [2.45, 2.75) is 12.8 Å². The summed E-state index contributed by atoms with van der Waals surface area (Å²) in [5.74, 6) is -1.43. The molecule has 1 aromatic carbocycles. The average Bonchev–Trinajstić information content (AvgIpc) is 2.68. The lowest BCUT2D eigenvalue weighted by Gasteiger charge is -2.29. The fraction of sp³-hybridized carbons (Fsp3) is 0.333. The number of allylic oxidation sites excluding steroid dienone is 2. The quantitative estimate of drug-likeness (QED) is 0.431. The normalized spacial score (nSPS) is 34.3. The van der Waals surface area contributed by atoms with Gasteiger partial charge in [-0.15, -0.1) is 0 Å². The number of carbonyl (C=O) groups excluding carboxylic acids is 2. The van der Waals surface area contributed by atoms with Crippen molar-refractivity contribution in [3.05, 3.63) is 48.0 Å². The van der Waals surface area contributed by atoms with Gasteiger partial charge in [0.2, 0.25) is 0 Å². The van der Waals surface area contributed by atoms with E-state index in [9.17, 15) is 9.59 Å². The first-order valence-corrected chi connectivity index (χ1v) is 6.17. The molecule has 3 nitrogen and oxygen atoms in total. The smallest absolute Gasteiger partial charge is 0.318 e. The van der Waals surface area contributed by atoms with Crippen molar-refractivity contribution in [2.75, 3.05) is 0 Å². The van der Waals surface area contributed by atoms with Gasteiger partial charge in [0.1, 0.15) is 0 Å². The van der Waals surface area contributed by atoms with E-state index in [0.29, 0.717) is 0 Å². The van der Waals surface area contributed by atoms with E-state index in [1.165, 1.54) is 0 Å². The average molecular weight is 242 g/mol. The highest BCUT2D eigenvalue weighted by molar-refractivity contribution is 5.97. The van der Waals surface area contributed by atoms with Crippen LogP contribution in [0.4, 0.5) is 0 Å². The Balaban J connectivity index is 2.04. The highest BCUT2D eigenvalue weighted by atomic mass is 16.6. The van der Waals surface area contributed by atoms with Gasteiger partial charge in [0.15, 0.2) is 0 Å². The maximum Gasteiger partial charge on any atom is 0.318 e. The summed E-state index contributed by atoms with van der Waals surface area (Å²) in [6, 6.07) is 9.79. The fourth-order valence-corrected chi connectivity index (χ4v) is 2.97. The van der Waals surface area contributed by atoms with Gasteiger partial charge >= 0.3 is 11.9 Å². The molecule has 1 aliphatic heterocycles. The third-order valence-corrected chi connectivity index (χ3v) is 3.89. The number of benzene rings is 1. The third-order valence-electron chi connectivity index (χ3n) is 3.89. The van der Waals surface area contributed by atoms with E-state index >= 15 is 0 Å². The largest absolute Gasteiger partial charge is 0.393 e. The Bertz CT molecular complexity index is 518. The molecule has 18 heavy (non-hydrogen) atoms. The second-order valence-electron chi connectivity index (χ2n) is 4.97. The van der Waals surface area contributed by atoms with Gasteiger partial charge in [-0.3, -0.25) is 9.59 Å². The second-order valence-corrected chi connectivity index (χ2v) is 4.97. The summed E-state index contributed by atoms with van der Waals surface area (Å²) in [7, 11) is 0. The number of cyclic esters (lactones) is 2. The van der Waals surface area contributed by atoms with Crippen LogP contribution in [0, 0.1) is 17.8 Å². The first-order chi connectivity index (χ1) is 8.68. The van der Waals surface area contributed by atoms with Gasteiger partial charge in [-0.05, 0) is 11.5 Å². The molecule has 92 valence electrons. The molecule has 3 rings (SSSR count). The summed E-state index contributed by atoms with van der Waals surface area (Å²) in [6.45, 7) is 1.95. The Hall–Kier alpha value is -1.90. The number of hydrogen-bond donors (Lipinski definition) is 0. The van der Waals surface area contributed by atoms with Crippen LogP contribution in [0.2, 0.25) is 0 Å². The van der Waals surface area contributed by atoms with Crippen molar-refractivity contribution < 1.29 is 14.3 Å². The molecule has 3 heteroatoms. The predicted molar refractivity (Wildman–Crippen MR) is 65.6 cm³/mol. The van der Waals surface area contributed by atoms with E-state index in [4.69, 9.17) is 4.74 Å². The van der Waals surface area contributed by atoms with Gasteiger partial charge in [0, 0.05) is 5.92 Å². The molecule has 0 spiro atoms. The van der Waals surface area contributed by atoms with Crippen molar-refractivity contribution >= 4 is 11.9 Å². The zero-order valence-corrected chi connectivity index (χ0v) is 10.1. The van der Waals surface area contributed by atoms with E-state index in [-0.39, 0.29) is 35.6 Å². The van der Waals surface area contributed by atoms with Crippen LogP contribution in [0.5, 0.6) is 0 Å². The topological polar surface area (TPSA) is 43.4 Å². The molecule has 0 saturated carbocycles. The van der Waals surface area contributed by atoms with Gasteiger partial charge in [0.05, 0.1) is 11.8 Å². The Morgan fingerprint density at radius 2 is 1.61 bits per heavy atom. The summed E-state index contributed by atoms with van der Waals surface area (Å²) in [5, 5.41) is 0. The molecule has 0 aromatic heterocycles. The number of ether oxygens (including phenoxy) is 1. The zero-order valence-electron chi connectivity index (χ0n) is 10.1. The number of carbonyl (C=O) groups is 2. The monoisotopic (exact) mass is 242 g/mol.